The third-order valence-electron chi connectivity index (χ3n) is 1.52. The third kappa shape index (κ3) is 5.64. The van der Waals surface area contributed by atoms with Gasteiger partial charge >= 0.3 is 0 Å². The Labute approximate surface area is 89.6 Å². The van der Waals surface area contributed by atoms with E-state index in [1.165, 1.54) is 0 Å². The molecule has 0 radical (unpaired) electrons. The molecule has 0 aliphatic heterocycles. The van der Waals surface area contributed by atoms with Gasteiger partial charge in [0, 0.05) is 19.4 Å². The number of aromatic nitrogens is 1. The molecular weight excluding hydrogens is 194 g/mol. The van der Waals surface area contributed by atoms with Gasteiger partial charge in [0.2, 0.25) is 5.88 Å². The number of nitrogens with zero attached hydrogens (tertiary/aromatic N) is 2. The number of aliphatic hydroxyl groups excluding tert-OH is 1. The van der Waals surface area contributed by atoms with E-state index >= 15 is 0 Å². The zero-order valence-electron chi connectivity index (χ0n) is 9.27. The maximum atomic E-state index is 7.00. The van der Waals surface area contributed by atoms with Crippen molar-refractivity contribution in [3.8, 4) is 5.88 Å². The topological polar surface area (TPSA) is 80.7 Å². The number of hydrogen-bond donors (Lipinski definition) is 2. The van der Waals surface area contributed by atoms with Crippen molar-refractivity contribution in [1.29, 1.82) is 0 Å². The number of aliphatic imine (C=N–C) groups is 1. The molecule has 1 aromatic rings. The van der Waals surface area contributed by atoms with Crippen LogP contribution in [0.15, 0.2) is 23.3 Å². The van der Waals surface area contributed by atoms with E-state index in [4.69, 9.17) is 15.6 Å². The lowest BCUT2D eigenvalue weighted by Gasteiger charge is -1.99. The highest BCUT2D eigenvalue weighted by atomic mass is 16.5. The molecule has 0 spiro atoms. The van der Waals surface area contributed by atoms with E-state index in [-0.39, 0.29) is 0 Å². The molecule has 0 fully saturated rings. The first-order valence-electron chi connectivity index (χ1n) is 4.42. The Morgan fingerprint density at radius 2 is 2.20 bits per heavy atom. The minimum absolute atomic E-state index is 0.569. The number of hydrogen-bond acceptors (Lipinski definition) is 4. The van der Waals surface area contributed by atoms with Crippen molar-refractivity contribution >= 4 is 5.84 Å². The molecule has 0 saturated carbocycles. The Balaban J connectivity index is 0.000000921. The van der Waals surface area contributed by atoms with Crippen LogP contribution in [0.25, 0.3) is 0 Å². The Hall–Kier alpha value is -1.62. The van der Waals surface area contributed by atoms with Crippen molar-refractivity contribution in [1.82, 2.24) is 4.98 Å². The summed E-state index contributed by atoms with van der Waals surface area (Å²) in [5, 5.41) is 7.00. The normalized spacial score (nSPS) is 10.3. The summed E-state index contributed by atoms with van der Waals surface area (Å²) in [5.41, 5.74) is 6.42. The average molecular weight is 211 g/mol. The van der Waals surface area contributed by atoms with E-state index in [1.807, 2.05) is 6.07 Å². The van der Waals surface area contributed by atoms with E-state index in [2.05, 4.69) is 9.98 Å². The summed E-state index contributed by atoms with van der Waals surface area (Å²) in [6, 6.07) is 3.72. The first kappa shape index (κ1) is 13.4. The van der Waals surface area contributed by atoms with Gasteiger partial charge in [-0.1, -0.05) is 6.07 Å². The van der Waals surface area contributed by atoms with E-state index < -0.39 is 0 Å². The van der Waals surface area contributed by atoms with Crippen molar-refractivity contribution in [2.75, 3.05) is 14.2 Å². The van der Waals surface area contributed by atoms with Crippen LogP contribution in [0.2, 0.25) is 0 Å². The number of methoxy groups -OCH3 is 1. The zero-order chi connectivity index (χ0) is 11.7. The van der Waals surface area contributed by atoms with Gasteiger partial charge in [0.1, 0.15) is 0 Å². The number of ether oxygens (including phenoxy) is 1. The number of rotatable bonds is 3. The van der Waals surface area contributed by atoms with E-state index in [0.29, 0.717) is 18.3 Å². The van der Waals surface area contributed by atoms with Crippen LogP contribution in [0, 0.1) is 0 Å². The first-order chi connectivity index (χ1) is 7.22. The summed E-state index contributed by atoms with van der Waals surface area (Å²) < 4.78 is 4.92. The maximum absolute atomic E-state index is 7.00. The van der Waals surface area contributed by atoms with Crippen molar-refractivity contribution in [3.63, 3.8) is 0 Å². The van der Waals surface area contributed by atoms with Crippen molar-refractivity contribution in [2.24, 2.45) is 10.7 Å². The summed E-state index contributed by atoms with van der Waals surface area (Å²) in [7, 11) is 2.59. The molecule has 0 amide bonds. The van der Waals surface area contributed by atoms with Crippen LogP contribution < -0.4 is 10.5 Å². The van der Waals surface area contributed by atoms with Crippen LogP contribution in [0.1, 0.15) is 12.5 Å². The molecule has 1 aromatic heterocycles. The molecule has 0 bridgehead atoms. The molecule has 1 rings (SSSR count). The Bertz CT molecular complexity index is 292. The molecule has 0 unspecified atom stereocenters. The summed E-state index contributed by atoms with van der Waals surface area (Å²) in [5.74, 6) is 1.19. The summed E-state index contributed by atoms with van der Waals surface area (Å²) in [4.78, 5) is 8.11. The third-order valence-corrected chi connectivity index (χ3v) is 1.52. The number of nitrogens with two attached hydrogens (primary N) is 1. The molecular formula is C10H17N3O2. The second kappa shape index (κ2) is 7.75. The van der Waals surface area contributed by atoms with Gasteiger partial charge in [-0.2, -0.15) is 0 Å². The van der Waals surface area contributed by atoms with Crippen LogP contribution in [-0.2, 0) is 6.54 Å². The molecule has 0 atom stereocenters. The predicted molar refractivity (Wildman–Crippen MR) is 59.9 cm³/mol. The highest BCUT2D eigenvalue weighted by Crippen LogP contribution is 2.07. The highest BCUT2D eigenvalue weighted by molar-refractivity contribution is 5.77. The zero-order valence-corrected chi connectivity index (χ0v) is 9.27. The van der Waals surface area contributed by atoms with E-state index in [9.17, 15) is 0 Å². The van der Waals surface area contributed by atoms with Gasteiger partial charge < -0.3 is 15.6 Å². The molecule has 0 saturated heterocycles. The molecule has 15 heavy (non-hydrogen) atoms. The quantitative estimate of drug-likeness (QED) is 0.566. The van der Waals surface area contributed by atoms with Gasteiger partial charge in [0.05, 0.1) is 19.5 Å². The standard InChI is InChI=1S/C9H13N3O.CH4O/c1-7(10)11-5-8-3-4-9(13-2)12-6-8;1-2/h3-4,6H,5H2,1-2H3,(H2,10,11);2H,1H3. The van der Waals surface area contributed by atoms with Crippen LogP contribution in [0.3, 0.4) is 0 Å². The van der Waals surface area contributed by atoms with Gasteiger partial charge in [-0.25, -0.2) is 4.98 Å². The first-order valence-corrected chi connectivity index (χ1v) is 4.42. The number of pyridine rings is 1. The lowest BCUT2D eigenvalue weighted by atomic mass is 10.3. The summed E-state index contributed by atoms with van der Waals surface area (Å²) in [6.45, 7) is 2.33. The number of aliphatic hydroxyl groups is 1. The lowest BCUT2D eigenvalue weighted by molar-refractivity contribution is 0.397. The average Bonchev–Trinajstić information content (AvgIpc) is 2.30. The van der Waals surface area contributed by atoms with Gasteiger partial charge in [0.15, 0.2) is 0 Å². The van der Waals surface area contributed by atoms with Crippen LogP contribution in [0.4, 0.5) is 0 Å². The summed E-state index contributed by atoms with van der Waals surface area (Å²) in [6.07, 6.45) is 1.73. The molecule has 1 heterocycles. The predicted octanol–water partition coefficient (Wildman–Crippen LogP) is 0.576. The van der Waals surface area contributed by atoms with Crippen molar-refractivity contribution in [2.45, 2.75) is 13.5 Å². The molecule has 0 aliphatic carbocycles. The molecule has 0 aliphatic rings. The summed E-state index contributed by atoms with van der Waals surface area (Å²) >= 11 is 0. The van der Waals surface area contributed by atoms with Crippen LogP contribution >= 0.6 is 0 Å². The molecule has 84 valence electrons. The maximum Gasteiger partial charge on any atom is 0.212 e. The van der Waals surface area contributed by atoms with Gasteiger partial charge in [-0.3, -0.25) is 4.99 Å². The van der Waals surface area contributed by atoms with E-state index in [0.717, 1.165) is 12.7 Å². The van der Waals surface area contributed by atoms with Gasteiger partial charge in [0.25, 0.3) is 0 Å². The smallest absolute Gasteiger partial charge is 0.212 e. The largest absolute Gasteiger partial charge is 0.481 e. The van der Waals surface area contributed by atoms with Crippen LogP contribution in [0.5, 0.6) is 5.88 Å². The Kier molecular flexibility index (Phi) is 6.92. The number of amidine groups is 1. The van der Waals surface area contributed by atoms with Crippen molar-refractivity contribution < 1.29 is 9.84 Å². The Morgan fingerprint density at radius 3 is 2.60 bits per heavy atom. The van der Waals surface area contributed by atoms with Crippen LogP contribution in [-0.4, -0.2) is 30.1 Å². The van der Waals surface area contributed by atoms with Gasteiger partial charge in [-0.15, -0.1) is 0 Å². The fourth-order valence-electron chi connectivity index (χ4n) is 0.841. The van der Waals surface area contributed by atoms with E-state index in [1.54, 1.807) is 26.3 Å². The lowest BCUT2D eigenvalue weighted by Crippen LogP contribution is -2.05. The minimum atomic E-state index is 0.569. The molecule has 5 nitrogen and oxygen atoms in total. The van der Waals surface area contributed by atoms with Crippen molar-refractivity contribution in [3.05, 3.63) is 23.9 Å². The second-order valence-electron chi connectivity index (χ2n) is 2.67. The Morgan fingerprint density at radius 1 is 1.53 bits per heavy atom. The fraction of sp³-hybridized carbons (Fsp3) is 0.400. The fourth-order valence-corrected chi connectivity index (χ4v) is 0.841. The molecule has 5 heteroatoms. The highest BCUT2D eigenvalue weighted by Gasteiger charge is 1.93. The molecule has 0 aromatic carbocycles. The minimum Gasteiger partial charge on any atom is -0.481 e. The monoisotopic (exact) mass is 211 g/mol. The van der Waals surface area contributed by atoms with Gasteiger partial charge in [-0.05, 0) is 12.5 Å². The second-order valence-corrected chi connectivity index (χ2v) is 2.67. The SMILES string of the molecule is CO.COc1ccc(CN=C(C)N)cn1. The molecule has 3 N–H and O–H groups in total.